The molecular formula is C15H22ClN3OS. The largest absolute Gasteiger partial charge is 0.381 e. The summed E-state index contributed by atoms with van der Waals surface area (Å²) in [6, 6.07) is 2.08. The highest BCUT2D eigenvalue weighted by molar-refractivity contribution is 7.18. The Bertz CT molecular complexity index is 573. The number of thiophene rings is 1. The van der Waals surface area contributed by atoms with E-state index in [0.717, 1.165) is 49.2 Å². The van der Waals surface area contributed by atoms with Gasteiger partial charge in [0.05, 0.1) is 0 Å². The van der Waals surface area contributed by atoms with E-state index >= 15 is 0 Å². The number of nitrogens with zero attached hydrogens (tertiary/aromatic N) is 2. The Morgan fingerprint density at radius 3 is 2.81 bits per heavy atom. The molecule has 0 atom stereocenters. The van der Waals surface area contributed by atoms with E-state index in [-0.39, 0.29) is 0 Å². The molecule has 0 aromatic carbocycles. The zero-order valence-electron chi connectivity index (χ0n) is 12.6. The number of unbranched alkanes of at least 4 members (excludes halogenated alkanes) is 1. The first-order valence-corrected chi connectivity index (χ1v) is 8.71. The lowest BCUT2D eigenvalue weighted by Gasteiger charge is -2.06. The first-order valence-electron chi connectivity index (χ1n) is 7.52. The number of fused-ring (bicyclic) bond motifs is 1. The first kappa shape index (κ1) is 16.5. The summed E-state index contributed by atoms with van der Waals surface area (Å²) in [4.78, 5) is 11.1. The number of hydrogen-bond acceptors (Lipinski definition) is 5. The number of nitrogens with one attached hydrogen (secondary N) is 1. The lowest BCUT2D eigenvalue weighted by atomic mass is 10.3. The van der Waals surface area contributed by atoms with Crippen LogP contribution >= 0.6 is 22.9 Å². The molecule has 0 saturated carbocycles. The van der Waals surface area contributed by atoms with Crippen LogP contribution in [0.4, 0.5) is 5.95 Å². The Balaban J connectivity index is 1.85. The molecular weight excluding hydrogens is 306 g/mol. The Labute approximate surface area is 134 Å². The molecule has 1 N–H and O–H groups in total. The van der Waals surface area contributed by atoms with Gasteiger partial charge < -0.3 is 10.1 Å². The van der Waals surface area contributed by atoms with Crippen LogP contribution in [-0.4, -0.2) is 29.7 Å². The predicted octanol–water partition coefficient (Wildman–Crippen LogP) is 4.53. The lowest BCUT2D eigenvalue weighted by Crippen LogP contribution is -2.08. The molecule has 21 heavy (non-hydrogen) atoms. The molecule has 0 bridgehead atoms. The molecule has 0 radical (unpaired) electrons. The molecule has 2 heterocycles. The third kappa shape index (κ3) is 4.80. The minimum atomic E-state index is 0.526. The second-order valence-electron chi connectivity index (χ2n) is 4.87. The fraction of sp³-hybridized carbons (Fsp3) is 0.600. The molecule has 2 aromatic heterocycles. The van der Waals surface area contributed by atoms with Gasteiger partial charge in [-0.25, -0.2) is 9.97 Å². The van der Waals surface area contributed by atoms with Crippen LogP contribution in [0.25, 0.3) is 10.2 Å². The van der Waals surface area contributed by atoms with Gasteiger partial charge in [0.1, 0.15) is 9.98 Å². The summed E-state index contributed by atoms with van der Waals surface area (Å²) in [6.45, 7) is 6.70. The minimum absolute atomic E-state index is 0.526. The van der Waals surface area contributed by atoms with Gasteiger partial charge in [0.25, 0.3) is 0 Å². The number of aromatic nitrogens is 2. The Morgan fingerprint density at radius 2 is 2.05 bits per heavy atom. The Kier molecular flexibility index (Phi) is 6.67. The highest BCUT2D eigenvalue weighted by Crippen LogP contribution is 2.29. The molecule has 0 spiro atoms. The fourth-order valence-electron chi connectivity index (χ4n) is 1.91. The molecule has 0 amide bonds. The maximum absolute atomic E-state index is 6.22. The van der Waals surface area contributed by atoms with Crippen LogP contribution in [0.1, 0.15) is 38.0 Å². The molecule has 0 aliphatic carbocycles. The topological polar surface area (TPSA) is 47.0 Å². The SMILES string of the molecule is CCCCOCCCNc1nc(Cl)c2cc(CC)sc2n1. The summed E-state index contributed by atoms with van der Waals surface area (Å²) in [6.07, 6.45) is 4.23. The first-order chi connectivity index (χ1) is 10.2. The monoisotopic (exact) mass is 327 g/mol. The highest BCUT2D eigenvalue weighted by atomic mass is 35.5. The molecule has 0 unspecified atom stereocenters. The van der Waals surface area contributed by atoms with Crippen LogP contribution in [-0.2, 0) is 11.2 Å². The van der Waals surface area contributed by atoms with Gasteiger partial charge in [-0.1, -0.05) is 31.9 Å². The van der Waals surface area contributed by atoms with Gasteiger partial charge >= 0.3 is 0 Å². The van der Waals surface area contributed by atoms with Crippen molar-refractivity contribution in [1.29, 1.82) is 0 Å². The third-order valence-corrected chi connectivity index (χ3v) is 4.60. The van der Waals surface area contributed by atoms with Gasteiger partial charge in [0.2, 0.25) is 5.95 Å². The van der Waals surface area contributed by atoms with Crippen LogP contribution in [0, 0.1) is 0 Å². The average Bonchev–Trinajstić information content (AvgIpc) is 2.90. The molecule has 0 saturated heterocycles. The quantitative estimate of drug-likeness (QED) is 0.543. The van der Waals surface area contributed by atoms with Gasteiger partial charge in [0, 0.05) is 30.0 Å². The number of hydrogen-bond donors (Lipinski definition) is 1. The number of rotatable bonds is 9. The maximum Gasteiger partial charge on any atom is 0.225 e. The molecule has 4 nitrogen and oxygen atoms in total. The highest BCUT2D eigenvalue weighted by Gasteiger charge is 2.09. The number of aryl methyl sites for hydroxylation is 1. The summed E-state index contributed by atoms with van der Waals surface area (Å²) in [5, 5.41) is 4.69. The van der Waals surface area contributed by atoms with Crippen molar-refractivity contribution in [2.45, 2.75) is 39.5 Å². The third-order valence-electron chi connectivity index (χ3n) is 3.14. The molecule has 0 aliphatic heterocycles. The smallest absolute Gasteiger partial charge is 0.225 e. The normalized spacial score (nSPS) is 11.2. The van der Waals surface area contributed by atoms with Gasteiger partial charge in [-0.3, -0.25) is 0 Å². The Hall–Kier alpha value is -0.910. The van der Waals surface area contributed by atoms with Crippen LogP contribution in [0.2, 0.25) is 5.15 Å². The molecule has 116 valence electrons. The van der Waals surface area contributed by atoms with E-state index < -0.39 is 0 Å². The van der Waals surface area contributed by atoms with Crippen molar-refractivity contribution < 1.29 is 4.74 Å². The van der Waals surface area contributed by atoms with Crippen LogP contribution in [0.3, 0.4) is 0 Å². The van der Waals surface area contributed by atoms with Gasteiger partial charge in [-0.2, -0.15) is 0 Å². The van der Waals surface area contributed by atoms with Crippen molar-refractivity contribution in [1.82, 2.24) is 9.97 Å². The van der Waals surface area contributed by atoms with Gasteiger partial charge in [-0.15, -0.1) is 11.3 Å². The maximum atomic E-state index is 6.22. The Morgan fingerprint density at radius 1 is 1.24 bits per heavy atom. The van der Waals surface area contributed by atoms with Crippen molar-refractivity contribution in [3.63, 3.8) is 0 Å². The zero-order chi connectivity index (χ0) is 15.1. The van der Waals surface area contributed by atoms with E-state index in [4.69, 9.17) is 16.3 Å². The van der Waals surface area contributed by atoms with E-state index in [2.05, 4.69) is 35.2 Å². The van der Waals surface area contributed by atoms with Crippen LogP contribution in [0.15, 0.2) is 6.07 Å². The minimum Gasteiger partial charge on any atom is -0.381 e. The van der Waals surface area contributed by atoms with Crippen LogP contribution < -0.4 is 5.32 Å². The average molecular weight is 328 g/mol. The second-order valence-corrected chi connectivity index (χ2v) is 6.34. The summed E-state index contributed by atoms with van der Waals surface area (Å²) in [5.41, 5.74) is 0. The van der Waals surface area contributed by atoms with E-state index in [1.54, 1.807) is 11.3 Å². The molecule has 0 fully saturated rings. The molecule has 2 aromatic rings. The number of halogens is 1. The standard InChI is InChI=1S/C15H22ClN3OS/c1-3-5-8-20-9-6-7-17-15-18-13(16)12-10-11(4-2)21-14(12)19-15/h10H,3-9H2,1-2H3,(H,17,18,19). The lowest BCUT2D eigenvalue weighted by molar-refractivity contribution is 0.131. The van der Waals surface area contributed by atoms with Gasteiger partial charge in [-0.05, 0) is 25.3 Å². The van der Waals surface area contributed by atoms with Crippen molar-refractivity contribution >= 4 is 39.1 Å². The van der Waals surface area contributed by atoms with E-state index in [1.165, 1.54) is 11.3 Å². The predicted molar refractivity (Wildman–Crippen MR) is 90.6 cm³/mol. The van der Waals surface area contributed by atoms with Crippen molar-refractivity contribution in [3.8, 4) is 0 Å². The summed E-state index contributed by atoms with van der Waals surface area (Å²) < 4.78 is 5.52. The summed E-state index contributed by atoms with van der Waals surface area (Å²) in [7, 11) is 0. The van der Waals surface area contributed by atoms with Crippen LogP contribution in [0.5, 0.6) is 0 Å². The fourth-order valence-corrected chi connectivity index (χ4v) is 3.16. The number of anilines is 1. The van der Waals surface area contributed by atoms with Crippen molar-refractivity contribution in [2.75, 3.05) is 25.1 Å². The van der Waals surface area contributed by atoms with Crippen molar-refractivity contribution in [2.24, 2.45) is 0 Å². The summed E-state index contributed by atoms with van der Waals surface area (Å²) >= 11 is 7.90. The molecule has 0 aliphatic rings. The summed E-state index contributed by atoms with van der Waals surface area (Å²) in [5.74, 6) is 0.602. The van der Waals surface area contributed by atoms with Gasteiger partial charge in [0.15, 0.2) is 0 Å². The van der Waals surface area contributed by atoms with E-state index in [9.17, 15) is 0 Å². The second kappa shape index (κ2) is 8.51. The zero-order valence-corrected chi connectivity index (χ0v) is 14.2. The van der Waals surface area contributed by atoms with Crippen molar-refractivity contribution in [3.05, 3.63) is 16.1 Å². The number of ether oxygens (including phenoxy) is 1. The molecule has 2 rings (SSSR count). The van der Waals surface area contributed by atoms with E-state index in [0.29, 0.717) is 11.1 Å². The van der Waals surface area contributed by atoms with E-state index in [1.807, 2.05) is 0 Å². The molecule has 6 heteroatoms.